The van der Waals surface area contributed by atoms with Crippen molar-refractivity contribution in [3.63, 3.8) is 0 Å². The summed E-state index contributed by atoms with van der Waals surface area (Å²) in [5.74, 6) is -0.924. The van der Waals surface area contributed by atoms with Crippen molar-refractivity contribution in [2.75, 3.05) is 85.3 Å². The monoisotopic (exact) mass is 620 g/mol. The molecule has 0 saturated carbocycles. The van der Waals surface area contributed by atoms with Crippen LogP contribution in [-0.4, -0.2) is 116 Å². The van der Waals surface area contributed by atoms with Crippen molar-refractivity contribution in [1.82, 2.24) is 19.6 Å². The van der Waals surface area contributed by atoms with Gasteiger partial charge < -0.3 is 25.3 Å². The molecule has 0 aromatic heterocycles. The van der Waals surface area contributed by atoms with Crippen molar-refractivity contribution < 1.29 is 32.9 Å². The van der Waals surface area contributed by atoms with E-state index in [1.807, 2.05) is 12.1 Å². The molecule has 0 bridgehead atoms. The maximum atomic E-state index is 13.9. The number of piperazine rings is 2. The van der Waals surface area contributed by atoms with E-state index in [0.717, 1.165) is 90.3 Å². The summed E-state index contributed by atoms with van der Waals surface area (Å²) < 4.78 is 27.6. The Bertz CT molecular complexity index is 1200. The zero-order valence-corrected chi connectivity index (χ0v) is 25.4. The number of anilines is 1. The third-order valence-corrected chi connectivity index (χ3v) is 7.40. The topological polar surface area (TPSA) is 150 Å². The molecule has 2 aliphatic heterocycles. The summed E-state index contributed by atoms with van der Waals surface area (Å²) in [4.78, 5) is 51.9. The molecule has 44 heavy (non-hydrogen) atoms. The quantitative estimate of drug-likeness (QED) is 0.250. The zero-order valence-electron chi connectivity index (χ0n) is 25.4. The van der Waals surface area contributed by atoms with E-state index in [4.69, 9.17) is 24.9 Å². The van der Waals surface area contributed by atoms with E-state index >= 15 is 0 Å². The first-order valence-corrected chi connectivity index (χ1v) is 14.3. The summed E-state index contributed by atoms with van der Waals surface area (Å²) in [5.41, 5.74) is 6.57. The Hall–Kier alpha value is -3.90. The lowest BCUT2D eigenvalue weighted by Gasteiger charge is -2.32. The Labute approximate surface area is 256 Å². The van der Waals surface area contributed by atoms with Crippen molar-refractivity contribution in [3.8, 4) is 0 Å². The number of rotatable bonds is 9. The van der Waals surface area contributed by atoms with E-state index in [9.17, 15) is 18.9 Å². The van der Waals surface area contributed by atoms with Crippen LogP contribution in [0, 0.1) is 21.7 Å². The molecule has 2 N–H and O–H groups in total. The van der Waals surface area contributed by atoms with Gasteiger partial charge in [0.05, 0.1) is 10.6 Å². The Balaban J connectivity index is 0.000000375. The number of benzene rings is 2. The average Bonchev–Trinajstić information content (AvgIpc) is 2.99. The van der Waals surface area contributed by atoms with Crippen LogP contribution in [0.25, 0.3) is 0 Å². The highest BCUT2D eigenvalue weighted by Crippen LogP contribution is 2.21. The molecule has 2 aliphatic rings. The fourth-order valence-electron chi connectivity index (χ4n) is 4.82. The van der Waals surface area contributed by atoms with Gasteiger partial charge in [-0.3, -0.25) is 10.1 Å². The molecule has 242 valence electrons. The molecule has 2 aromatic carbocycles. The van der Waals surface area contributed by atoms with Crippen LogP contribution in [0.4, 0.5) is 20.2 Å². The maximum absolute atomic E-state index is 13.9. The summed E-state index contributed by atoms with van der Waals surface area (Å²) >= 11 is 0. The molecular formula is C30H42F2N6O6. The molecule has 0 amide bonds. The minimum absolute atomic E-state index is 0.240. The molecule has 2 fully saturated rings. The molecule has 0 unspecified atom stereocenters. The second-order valence-corrected chi connectivity index (χ2v) is 10.5. The van der Waals surface area contributed by atoms with Gasteiger partial charge in [-0.05, 0) is 70.1 Å². The van der Waals surface area contributed by atoms with Gasteiger partial charge in [-0.15, -0.1) is 0 Å². The fourth-order valence-corrected chi connectivity index (χ4v) is 4.82. The molecular weight excluding hydrogens is 578 g/mol. The third kappa shape index (κ3) is 14.5. The number of hydrogen-bond donors (Lipinski definition) is 1. The van der Waals surface area contributed by atoms with Crippen LogP contribution in [0.1, 0.15) is 24.0 Å². The second kappa shape index (κ2) is 21.7. The molecule has 14 heteroatoms. The summed E-state index contributed by atoms with van der Waals surface area (Å²) in [6.07, 6.45) is 3.62. The van der Waals surface area contributed by atoms with Gasteiger partial charge in [-0.2, -0.15) is 23.6 Å². The Morgan fingerprint density at radius 1 is 0.727 bits per heavy atom. The van der Waals surface area contributed by atoms with Gasteiger partial charge in [-0.1, -0.05) is 24.3 Å². The standard InChI is InChI=1S/C14H20FN3O2.C14H22FN3.2CO2/c1-16-8-10-17(11-9-16)7-3-5-12-4-2-6-13(14(12)15)18(19)20;1-17-8-10-18(11-9-17)7-3-5-12-4-2-6-13(16)14(12)15;2*2-1-3/h2,4,6H,3,5,7-11H2,1H3;2,4,6H,3,5,7-11,16H2,1H3;;. The third-order valence-electron chi connectivity index (χ3n) is 7.40. The number of nitro benzene ring substituents is 1. The van der Waals surface area contributed by atoms with E-state index in [1.54, 1.807) is 18.2 Å². The van der Waals surface area contributed by atoms with Gasteiger partial charge in [0.15, 0.2) is 0 Å². The molecule has 0 aliphatic carbocycles. The Morgan fingerprint density at radius 2 is 1.11 bits per heavy atom. The van der Waals surface area contributed by atoms with Crippen LogP contribution < -0.4 is 5.73 Å². The van der Waals surface area contributed by atoms with Gasteiger partial charge in [-0.25, -0.2) is 4.39 Å². The number of nitrogens with zero attached hydrogens (tertiary/aromatic N) is 5. The first kappa shape index (κ1) is 38.1. The van der Waals surface area contributed by atoms with Crippen LogP contribution in [0.5, 0.6) is 0 Å². The van der Waals surface area contributed by atoms with Crippen LogP contribution >= 0.6 is 0 Å². The number of nitrogen functional groups attached to an aromatic ring is 1. The highest BCUT2D eigenvalue weighted by Gasteiger charge is 2.18. The fraction of sp³-hybridized carbons (Fsp3) is 0.533. The lowest BCUT2D eigenvalue weighted by molar-refractivity contribution is -0.387. The van der Waals surface area contributed by atoms with Crippen molar-refractivity contribution in [2.24, 2.45) is 0 Å². The molecule has 2 heterocycles. The first-order valence-electron chi connectivity index (χ1n) is 14.3. The number of likely N-dealkylation sites (N-methyl/N-ethyl adjacent to an activating group) is 2. The van der Waals surface area contributed by atoms with Gasteiger partial charge in [0.1, 0.15) is 5.82 Å². The number of nitro groups is 1. The van der Waals surface area contributed by atoms with E-state index in [-0.39, 0.29) is 23.8 Å². The summed E-state index contributed by atoms with van der Waals surface area (Å²) in [6, 6.07) is 9.65. The van der Waals surface area contributed by atoms with E-state index in [0.29, 0.717) is 12.0 Å². The highest BCUT2D eigenvalue weighted by atomic mass is 19.1. The molecule has 0 radical (unpaired) electrons. The largest absolute Gasteiger partial charge is 0.396 e. The molecule has 12 nitrogen and oxygen atoms in total. The van der Waals surface area contributed by atoms with Gasteiger partial charge in [0, 0.05) is 58.4 Å². The number of carbonyl (C=O) groups excluding carboxylic acids is 4. The lowest BCUT2D eigenvalue weighted by atomic mass is 10.1. The lowest BCUT2D eigenvalue weighted by Crippen LogP contribution is -2.44. The smallest absolute Gasteiger partial charge is 0.373 e. The Morgan fingerprint density at radius 3 is 1.52 bits per heavy atom. The van der Waals surface area contributed by atoms with Crippen molar-refractivity contribution in [2.45, 2.75) is 25.7 Å². The van der Waals surface area contributed by atoms with Crippen molar-refractivity contribution >= 4 is 23.7 Å². The van der Waals surface area contributed by atoms with Crippen LogP contribution in [0.2, 0.25) is 0 Å². The minimum atomic E-state index is -0.684. The highest BCUT2D eigenvalue weighted by molar-refractivity contribution is 5.43. The SMILES string of the molecule is CN1CCN(CCCc2cccc(N)c2F)CC1.CN1CCN(CCCc2cccc([N+](=O)[O-])c2F)CC1.O=C=O.O=C=O. The number of halogens is 2. The molecule has 2 saturated heterocycles. The van der Waals surface area contributed by atoms with Crippen LogP contribution in [0.15, 0.2) is 36.4 Å². The molecule has 2 aromatic rings. The molecule has 0 spiro atoms. The van der Waals surface area contributed by atoms with E-state index < -0.39 is 16.4 Å². The predicted octanol–water partition coefficient (Wildman–Crippen LogP) is 2.33. The number of nitrogens with two attached hydrogens (primary N) is 1. The van der Waals surface area contributed by atoms with E-state index in [2.05, 4.69) is 33.7 Å². The van der Waals surface area contributed by atoms with E-state index in [1.165, 1.54) is 6.07 Å². The van der Waals surface area contributed by atoms with Crippen molar-refractivity contribution in [3.05, 3.63) is 69.3 Å². The van der Waals surface area contributed by atoms with Crippen LogP contribution in [-0.2, 0) is 32.0 Å². The number of aryl methyl sites for hydroxylation is 2. The molecule has 0 atom stereocenters. The Kier molecular flexibility index (Phi) is 18.8. The minimum Gasteiger partial charge on any atom is -0.396 e. The van der Waals surface area contributed by atoms with Gasteiger partial charge in [0.2, 0.25) is 5.82 Å². The molecule has 4 rings (SSSR count). The second-order valence-electron chi connectivity index (χ2n) is 10.5. The predicted molar refractivity (Wildman–Crippen MR) is 158 cm³/mol. The number of hydrogen-bond acceptors (Lipinski definition) is 11. The summed E-state index contributed by atoms with van der Waals surface area (Å²) in [5, 5.41) is 10.7. The normalized spacial score (nSPS) is 15.6. The first-order chi connectivity index (χ1) is 21.1. The maximum Gasteiger partial charge on any atom is 0.373 e. The van der Waals surface area contributed by atoms with Crippen molar-refractivity contribution in [1.29, 1.82) is 0 Å². The zero-order chi connectivity index (χ0) is 32.9. The van der Waals surface area contributed by atoms with Gasteiger partial charge >= 0.3 is 18.0 Å². The average molecular weight is 621 g/mol. The van der Waals surface area contributed by atoms with Gasteiger partial charge in [0.25, 0.3) is 0 Å². The van der Waals surface area contributed by atoms with Crippen LogP contribution in [0.3, 0.4) is 0 Å². The summed E-state index contributed by atoms with van der Waals surface area (Å²) in [7, 11) is 4.26. The summed E-state index contributed by atoms with van der Waals surface area (Å²) in [6.45, 7) is 10.7.